The first-order chi connectivity index (χ1) is 11.3. The van der Waals surface area contributed by atoms with E-state index in [2.05, 4.69) is 52.2 Å². The third-order valence-corrected chi connectivity index (χ3v) is 6.27. The van der Waals surface area contributed by atoms with E-state index in [1.54, 1.807) is 23.1 Å². The van der Waals surface area contributed by atoms with Crippen LogP contribution in [-0.4, -0.2) is 29.6 Å². The van der Waals surface area contributed by atoms with Gasteiger partial charge in [0, 0.05) is 17.5 Å². The average molecular weight is 342 g/mol. The minimum Gasteiger partial charge on any atom is -0.335 e. The second kappa shape index (κ2) is 6.17. The lowest BCUT2D eigenvalue weighted by atomic mass is 9.86. The number of carbonyl (C=O) groups is 1. The van der Waals surface area contributed by atoms with Crippen LogP contribution < -0.4 is 0 Å². The van der Waals surface area contributed by atoms with Crippen LogP contribution in [0.4, 0.5) is 0 Å². The van der Waals surface area contributed by atoms with Crippen LogP contribution in [0.1, 0.15) is 30.4 Å². The number of nitrogens with zero attached hydrogens (tertiary/aromatic N) is 1. The van der Waals surface area contributed by atoms with Crippen LogP contribution in [0.2, 0.25) is 0 Å². The Hall–Kier alpha value is -1.52. The standard InChI is InChI=1S/C19H19NOS2/c1-22-16-6-4-13(5-7-16)17-11-15-3-2-9-20(15)19(21)18(17)14-8-10-23-12-14/h4-8,10,12,15H,2-3,9,11H2,1H3. The molecule has 2 aromatic rings. The zero-order chi connectivity index (χ0) is 15.8. The molecule has 23 heavy (non-hydrogen) atoms. The van der Waals surface area contributed by atoms with Crippen molar-refractivity contribution in [2.24, 2.45) is 0 Å². The van der Waals surface area contributed by atoms with Gasteiger partial charge in [-0.2, -0.15) is 11.3 Å². The highest BCUT2D eigenvalue weighted by molar-refractivity contribution is 7.98. The van der Waals surface area contributed by atoms with E-state index in [0.717, 1.165) is 36.9 Å². The Balaban J connectivity index is 1.84. The molecule has 1 amide bonds. The minimum absolute atomic E-state index is 0.223. The first-order valence-corrected chi connectivity index (χ1v) is 10.2. The molecule has 118 valence electrons. The fraction of sp³-hybridized carbons (Fsp3) is 0.316. The van der Waals surface area contributed by atoms with Gasteiger partial charge < -0.3 is 4.90 Å². The Morgan fingerprint density at radius 2 is 2.00 bits per heavy atom. The summed E-state index contributed by atoms with van der Waals surface area (Å²) >= 11 is 3.40. The number of amides is 1. The summed E-state index contributed by atoms with van der Waals surface area (Å²) in [5.41, 5.74) is 4.42. The number of rotatable bonds is 3. The molecule has 2 aliphatic heterocycles. The highest BCUT2D eigenvalue weighted by atomic mass is 32.2. The highest BCUT2D eigenvalue weighted by Gasteiger charge is 2.37. The number of fused-ring (bicyclic) bond motifs is 1. The van der Waals surface area contributed by atoms with Crippen molar-refractivity contribution in [3.05, 3.63) is 52.2 Å². The third-order valence-electron chi connectivity index (χ3n) is 4.84. The smallest absolute Gasteiger partial charge is 0.255 e. The number of benzene rings is 1. The zero-order valence-corrected chi connectivity index (χ0v) is 14.8. The summed E-state index contributed by atoms with van der Waals surface area (Å²) in [4.78, 5) is 16.4. The average Bonchev–Trinajstić information content (AvgIpc) is 3.26. The maximum atomic E-state index is 13.1. The maximum Gasteiger partial charge on any atom is 0.255 e. The van der Waals surface area contributed by atoms with Crippen LogP contribution >= 0.6 is 23.1 Å². The van der Waals surface area contributed by atoms with Gasteiger partial charge in [0.05, 0.1) is 5.57 Å². The summed E-state index contributed by atoms with van der Waals surface area (Å²) in [6.07, 6.45) is 5.34. The largest absolute Gasteiger partial charge is 0.335 e. The first kappa shape index (κ1) is 15.0. The van der Waals surface area contributed by atoms with Crippen LogP contribution in [-0.2, 0) is 4.79 Å². The van der Waals surface area contributed by atoms with Gasteiger partial charge in [-0.05, 0) is 71.2 Å². The summed E-state index contributed by atoms with van der Waals surface area (Å²) in [7, 11) is 0. The molecule has 0 saturated carbocycles. The predicted octanol–water partition coefficient (Wildman–Crippen LogP) is 4.78. The van der Waals surface area contributed by atoms with Crippen LogP contribution in [0.5, 0.6) is 0 Å². The number of hydrogen-bond donors (Lipinski definition) is 0. The molecule has 1 fully saturated rings. The fourth-order valence-corrected chi connectivity index (χ4v) is 4.74. The normalized spacial score (nSPS) is 21.0. The minimum atomic E-state index is 0.223. The Morgan fingerprint density at radius 3 is 2.70 bits per heavy atom. The van der Waals surface area contributed by atoms with E-state index in [9.17, 15) is 4.79 Å². The van der Waals surface area contributed by atoms with E-state index in [1.165, 1.54) is 16.0 Å². The number of carbonyl (C=O) groups excluding carboxylic acids is 1. The van der Waals surface area contributed by atoms with Crippen molar-refractivity contribution in [1.82, 2.24) is 4.90 Å². The summed E-state index contributed by atoms with van der Waals surface area (Å²) in [6.45, 7) is 0.913. The molecule has 3 heterocycles. The van der Waals surface area contributed by atoms with Crippen molar-refractivity contribution < 1.29 is 4.79 Å². The van der Waals surface area contributed by atoms with Gasteiger partial charge in [-0.15, -0.1) is 11.8 Å². The van der Waals surface area contributed by atoms with E-state index in [4.69, 9.17) is 0 Å². The van der Waals surface area contributed by atoms with Crippen molar-refractivity contribution in [2.75, 3.05) is 12.8 Å². The highest BCUT2D eigenvalue weighted by Crippen LogP contribution is 2.41. The van der Waals surface area contributed by atoms with Crippen molar-refractivity contribution in [3.63, 3.8) is 0 Å². The second-order valence-electron chi connectivity index (χ2n) is 6.09. The van der Waals surface area contributed by atoms with Gasteiger partial charge in [0.2, 0.25) is 0 Å². The lowest BCUT2D eigenvalue weighted by Gasteiger charge is -2.33. The molecule has 1 atom stereocenters. The van der Waals surface area contributed by atoms with E-state index < -0.39 is 0 Å². The second-order valence-corrected chi connectivity index (χ2v) is 7.75. The molecule has 0 N–H and O–H groups in total. The molecule has 0 radical (unpaired) electrons. The maximum absolute atomic E-state index is 13.1. The van der Waals surface area contributed by atoms with Crippen LogP contribution in [0, 0.1) is 0 Å². The lowest BCUT2D eigenvalue weighted by molar-refractivity contribution is -0.126. The molecule has 4 rings (SSSR count). The molecule has 1 aromatic heterocycles. The number of thioether (sulfide) groups is 1. The molecule has 0 aliphatic carbocycles. The van der Waals surface area contributed by atoms with Gasteiger partial charge >= 0.3 is 0 Å². The van der Waals surface area contributed by atoms with Crippen molar-refractivity contribution >= 4 is 40.2 Å². The first-order valence-electron chi connectivity index (χ1n) is 7.99. The van der Waals surface area contributed by atoms with Gasteiger partial charge in [-0.3, -0.25) is 4.79 Å². The summed E-state index contributed by atoms with van der Waals surface area (Å²) in [5.74, 6) is 0.223. The van der Waals surface area contributed by atoms with Gasteiger partial charge in [-0.25, -0.2) is 0 Å². The number of thiophene rings is 1. The molecule has 0 bridgehead atoms. The van der Waals surface area contributed by atoms with E-state index in [1.807, 2.05) is 0 Å². The molecule has 2 nitrogen and oxygen atoms in total. The predicted molar refractivity (Wildman–Crippen MR) is 98.7 cm³/mol. The fourth-order valence-electron chi connectivity index (χ4n) is 3.68. The molecular weight excluding hydrogens is 322 g/mol. The van der Waals surface area contributed by atoms with Crippen LogP contribution in [0.3, 0.4) is 0 Å². The van der Waals surface area contributed by atoms with Crippen LogP contribution in [0.25, 0.3) is 11.1 Å². The Morgan fingerprint density at radius 1 is 1.17 bits per heavy atom. The van der Waals surface area contributed by atoms with Gasteiger partial charge in [0.25, 0.3) is 5.91 Å². The van der Waals surface area contributed by atoms with Gasteiger partial charge in [-0.1, -0.05) is 12.1 Å². The third kappa shape index (κ3) is 2.64. The van der Waals surface area contributed by atoms with Crippen LogP contribution in [0.15, 0.2) is 46.0 Å². The van der Waals surface area contributed by atoms with Gasteiger partial charge in [0.1, 0.15) is 0 Å². The Bertz CT molecular complexity index is 746. The summed E-state index contributed by atoms with van der Waals surface area (Å²) in [5, 5.41) is 4.15. The zero-order valence-electron chi connectivity index (χ0n) is 13.1. The molecule has 1 unspecified atom stereocenters. The molecule has 0 spiro atoms. The van der Waals surface area contributed by atoms with E-state index in [0.29, 0.717) is 6.04 Å². The molecule has 1 aromatic carbocycles. The number of hydrogen-bond acceptors (Lipinski definition) is 3. The molecule has 2 aliphatic rings. The Labute approximate surface area is 145 Å². The van der Waals surface area contributed by atoms with E-state index >= 15 is 0 Å². The monoisotopic (exact) mass is 341 g/mol. The molecule has 4 heteroatoms. The SMILES string of the molecule is CSc1ccc(C2=C(c3ccsc3)C(=O)N3CCCC3C2)cc1. The lowest BCUT2D eigenvalue weighted by Crippen LogP contribution is -2.39. The van der Waals surface area contributed by atoms with Crippen molar-refractivity contribution in [2.45, 2.75) is 30.2 Å². The topological polar surface area (TPSA) is 20.3 Å². The molecular formula is C19H19NOS2. The van der Waals surface area contributed by atoms with Crippen molar-refractivity contribution in [1.29, 1.82) is 0 Å². The summed E-state index contributed by atoms with van der Waals surface area (Å²) < 4.78 is 0. The van der Waals surface area contributed by atoms with Crippen molar-refractivity contribution in [3.8, 4) is 0 Å². The summed E-state index contributed by atoms with van der Waals surface area (Å²) in [6, 6.07) is 11.1. The molecule has 1 saturated heterocycles. The Kier molecular flexibility index (Phi) is 4.04. The van der Waals surface area contributed by atoms with Gasteiger partial charge in [0.15, 0.2) is 0 Å². The quantitative estimate of drug-likeness (QED) is 0.749. The van der Waals surface area contributed by atoms with E-state index in [-0.39, 0.29) is 5.91 Å².